The lowest BCUT2D eigenvalue weighted by atomic mass is 9.83. The number of aliphatic hydroxyl groups excluding tert-OH is 2. The van der Waals surface area contributed by atoms with Gasteiger partial charge in [-0.05, 0) is 94.9 Å². The second-order valence-electron chi connectivity index (χ2n) is 27.0. The molecule has 0 saturated carbocycles. The summed E-state index contributed by atoms with van der Waals surface area (Å²) in [7, 11) is -1.74. The van der Waals surface area contributed by atoms with Crippen molar-refractivity contribution >= 4 is 117 Å². The van der Waals surface area contributed by atoms with Gasteiger partial charge in [0.05, 0.1) is 59.5 Å². The van der Waals surface area contributed by atoms with Crippen molar-refractivity contribution < 1.29 is 189 Å². The minimum Gasteiger partial charge on any atom is -0.479 e. The maximum Gasteiger partial charge on any atom is 0.397 e. The van der Waals surface area contributed by atoms with Gasteiger partial charge in [0.1, 0.15) is 97.7 Å². The predicted octanol–water partition coefficient (Wildman–Crippen LogP) is 8.65. The van der Waals surface area contributed by atoms with E-state index >= 15 is 0 Å². The molecule has 7 aliphatic heterocycles. The highest BCUT2D eigenvalue weighted by Gasteiger charge is 2.70. The molecule has 2 bridgehead atoms. The number of benzene rings is 5. The van der Waals surface area contributed by atoms with E-state index in [1.165, 1.54) is 14.0 Å². The molecule has 25 atom stereocenters. The summed E-state index contributed by atoms with van der Waals surface area (Å²) in [6.07, 6.45) is -40.5. The molecule has 7 saturated heterocycles. The Labute approximate surface area is 722 Å². The van der Waals surface area contributed by atoms with Crippen LogP contribution in [0.25, 0.3) is 0 Å². The largest absolute Gasteiger partial charge is 0.479 e. The van der Waals surface area contributed by atoms with Gasteiger partial charge in [0.25, 0.3) is 0 Å². The van der Waals surface area contributed by atoms with Gasteiger partial charge in [-0.25, -0.2) is 29.5 Å². The third-order valence-corrected chi connectivity index (χ3v) is 22.9. The molecule has 10 unspecified atom stereocenters. The molecule has 7 fully saturated rings. The molecular weight excluding hydrogens is 1800 g/mol. The Morgan fingerprint density at radius 2 is 0.808 bits per heavy atom. The Morgan fingerprint density at radius 1 is 0.433 bits per heavy atom. The lowest BCUT2D eigenvalue weighted by molar-refractivity contribution is -0.440. The van der Waals surface area contributed by atoms with E-state index in [-0.39, 0.29) is 63.4 Å². The Hall–Kier alpha value is -3.87. The second kappa shape index (κ2) is 46.2. The third-order valence-electron chi connectivity index (χ3n) is 19.9. The van der Waals surface area contributed by atoms with Gasteiger partial charge in [-0.15, -0.1) is 13.0 Å². The number of rotatable bonds is 46. The number of halogens is 5. The van der Waals surface area contributed by atoms with Gasteiger partial charge in [-0.1, -0.05) is 141 Å². The van der Waals surface area contributed by atoms with Crippen LogP contribution in [0.4, 0.5) is 0 Å². The zero-order chi connectivity index (χ0) is 85.8. The topological polar surface area (TPSA) is 489 Å². The van der Waals surface area contributed by atoms with E-state index in [1.54, 1.807) is 121 Å². The molecule has 7 aliphatic rings. The first-order valence-electron chi connectivity index (χ1n) is 36.0. The molecule has 8 N–H and O–H groups in total. The van der Waals surface area contributed by atoms with Gasteiger partial charge in [0, 0.05) is 46.4 Å². The SMILES string of the molecule is CCC1(C(=O)O)O[C@@H](O[C@@H]2C(CO)O[C@@H](O[C@H]3C(OC)[C@H]4OCC3(C(=O)O)O[C@H]4O[C@@H]3C(CO)O[C@H](OC)C(OSOOO)[C@H]3OCc3ccc(Cl)cc3)C(OSOOO)[C@H]2OSOOO)C(OCc2ccc(Cl)cc2)[C@@H](OC)[C@@H]1O[C@@H]1OC(COS(=O)(=O)O)[C@@H](OCc2ccc(Cl)cc2)[C@H](OCc2ccc(Cl)cc2)C1OCc1ccc(Cl)cc1. The standard InChI is InChI=1S/C71H83Cl5O40S4/c1-5-70(68(79)80)61(104-64-56(95-31-38-12-22-43(75)23-13-38)51(93-29-36-8-18-41(73)19-9-36)48(47(101-64)33-98-120(86,87)88)92-28-35-6-16-40(72)17-7-35)54(89-2)57(96-32-39-14-24-44(76)25-15-39)66(106-70)103-50-46(27-78)100-65(60(110-119-116-113-85)53(50)108-117-114-111-83)105-62-55(90-3)58-67(107-71(62,34-97-58)69(81)82)102-49-45(26-77)99-63(91-4)59(109-118-115-112-84)52(49)94-30-37-10-20-42(74)21-11-37/h6-25,45-67,77-78,83-85H,5,26-34H2,1-4H3,(H,79,80)(H,81,82)(H,86,87,88)/t45?,46?,47?,48-,49-,50-,51+,52+,53+,54-,55?,56?,57?,58-,59?,60?,61+,62+,63+,64+,65+,66-,67-,70?,71?/m1/s1. The minimum atomic E-state index is -5.29. The fraction of sp³-hybridized carbons (Fsp3) is 0.549. The number of carboxylic acids is 2. The maximum absolute atomic E-state index is 14.8. The van der Waals surface area contributed by atoms with E-state index in [4.69, 9.17) is 170 Å². The van der Waals surface area contributed by atoms with Crippen molar-refractivity contribution in [1.82, 2.24) is 0 Å². The Morgan fingerprint density at radius 3 is 1.22 bits per heavy atom. The smallest absolute Gasteiger partial charge is 0.397 e. The summed E-state index contributed by atoms with van der Waals surface area (Å²) in [5.41, 5.74) is -2.91. The van der Waals surface area contributed by atoms with E-state index in [0.29, 0.717) is 52.9 Å². The number of aliphatic hydroxyl groups is 2. The first-order valence-corrected chi connectivity index (χ1v) is 41.3. The molecule has 5 aromatic rings. The van der Waals surface area contributed by atoms with Crippen LogP contribution in [-0.2, 0) is 183 Å². The van der Waals surface area contributed by atoms with Crippen LogP contribution in [0.5, 0.6) is 0 Å². The van der Waals surface area contributed by atoms with E-state index < -0.39 is 214 Å². The van der Waals surface area contributed by atoms with Crippen LogP contribution in [0.3, 0.4) is 0 Å². The Bertz CT molecular complexity index is 4090. The molecule has 49 heteroatoms. The average Bonchev–Trinajstić information content (AvgIpc) is 0.726. The summed E-state index contributed by atoms with van der Waals surface area (Å²) in [6, 6.07) is 32.3. The van der Waals surface area contributed by atoms with Crippen LogP contribution >= 0.6 is 95.0 Å². The van der Waals surface area contributed by atoms with E-state index in [0.717, 1.165) is 14.2 Å². The molecule has 0 aromatic heterocycles. The van der Waals surface area contributed by atoms with Crippen molar-refractivity contribution in [2.75, 3.05) is 47.8 Å². The van der Waals surface area contributed by atoms with Crippen LogP contribution in [0.1, 0.15) is 41.2 Å². The van der Waals surface area contributed by atoms with Crippen molar-refractivity contribution in [1.29, 1.82) is 0 Å². The average molecular weight is 1880 g/mol. The third kappa shape index (κ3) is 24.3. The highest BCUT2D eigenvalue weighted by atomic mass is 35.5. The molecular formula is C71H83Cl5O40S4. The van der Waals surface area contributed by atoms with Crippen LogP contribution < -0.4 is 0 Å². The maximum atomic E-state index is 14.8. The highest BCUT2D eigenvalue weighted by molar-refractivity contribution is 7.90. The molecule has 0 radical (unpaired) electrons. The fourth-order valence-electron chi connectivity index (χ4n) is 14.2. The van der Waals surface area contributed by atoms with Gasteiger partial charge in [-0.3, -0.25) is 17.1 Å². The molecule has 120 heavy (non-hydrogen) atoms. The molecule has 12 rings (SSSR count). The summed E-state index contributed by atoms with van der Waals surface area (Å²) in [5.74, 6) is -3.56. The van der Waals surface area contributed by atoms with Crippen molar-refractivity contribution in [2.45, 2.75) is 199 Å². The van der Waals surface area contributed by atoms with E-state index in [2.05, 4.69) is 23.8 Å². The first-order chi connectivity index (χ1) is 57.8. The molecule has 666 valence electrons. The summed E-state index contributed by atoms with van der Waals surface area (Å²) in [5, 5.41) is 87.5. The number of fused-ring (bicyclic) bond motifs is 3. The van der Waals surface area contributed by atoms with Crippen molar-refractivity contribution in [3.63, 3.8) is 0 Å². The summed E-state index contributed by atoms with van der Waals surface area (Å²) in [6.45, 7) is -3.77. The molecule has 40 nitrogen and oxygen atoms in total. The lowest BCUT2D eigenvalue weighted by Crippen LogP contribution is -2.77. The van der Waals surface area contributed by atoms with Crippen LogP contribution in [0.15, 0.2) is 121 Å². The normalized spacial score (nSPS) is 32.7. The minimum absolute atomic E-state index is 0.121. The molecule has 5 aromatic carbocycles. The van der Waals surface area contributed by atoms with Crippen molar-refractivity contribution in [3.05, 3.63) is 174 Å². The highest BCUT2D eigenvalue weighted by Crippen LogP contribution is 2.48. The van der Waals surface area contributed by atoms with E-state index in [1.807, 2.05) is 0 Å². The number of aliphatic carboxylic acids is 2. The number of carbonyl (C=O) groups is 2. The van der Waals surface area contributed by atoms with Gasteiger partial charge in [-0.2, -0.15) is 8.42 Å². The van der Waals surface area contributed by atoms with Gasteiger partial charge in [0.15, 0.2) is 86.2 Å². The Kier molecular flexibility index (Phi) is 37.3. The number of hydrogen-bond acceptors (Lipinski definition) is 40. The Balaban J connectivity index is 0.958. The van der Waals surface area contributed by atoms with Gasteiger partial charge in [0.2, 0.25) is 5.60 Å². The lowest BCUT2D eigenvalue weighted by Gasteiger charge is -2.57. The van der Waals surface area contributed by atoms with E-state index in [9.17, 15) is 53.5 Å². The first kappa shape index (κ1) is 96.8. The van der Waals surface area contributed by atoms with Gasteiger partial charge < -0.3 is 106 Å². The quantitative estimate of drug-likeness (QED) is 0.00593. The zero-order valence-corrected chi connectivity index (χ0v) is 70.1. The molecule has 0 spiro atoms. The van der Waals surface area contributed by atoms with Crippen molar-refractivity contribution in [3.8, 4) is 0 Å². The van der Waals surface area contributed by atoms with Crippen LogP contribution in [-0.4, -0.2) is 261 Å². The predicted molar refractivity (Wildman–Crippen MR) is 408 cm³/mol. The monoisotopic (exact) mass is 1880 g/mol. The summed E-state index contributed by atoms with van der Waals surface area (Å²) in [4.78, 5) is 29.0. The number of ether oxygens (including phenoxy) is 18. The molecule has 7 heterocycles. The van der Waals surface area contributed by atoms with Crippen LogP contribution in [0.2, 0.25) is 25.1 Å². The zero-order valence-electron chi connectivity index (χ0n) is 63.1. The van der Waals surface area contributed by atoms with Crippen molar-refractivity contribution in [2.24, 2.45) is 0 Å². The number of methoxy groups -OCH3 is 3. The second-order valence-corrected chi connectivity index (χ2v) is 31.6. The van der Waals surface area contributed by atoms with Gasteiger partial charge >= 0.3 is 22.3 Å². The number of carboxylic acid groups (broad SMARTS) is 2. The van der Waals surface area contributed by atoms with Crippen LogP contribution in [0, 0.1) is 0 Å². The molecule has 0 aliphatic carbocycles. The number of hydrogen-bond donors (Lipinski definition) is 8. The summed E-state index contributed by atoms with van der Waals surface area (Å²) < 4.78 is 190. The fourth-order valence-corrected chi connectivity index (χ4v) is 16.2. The summed E-state index contributed by atoms with van der Waals surface area (Å²) >= 11 is 31.3. The molecule has 0 amide bonds.